The van der Waals surface area contributed by atoms with Crippen molar-refractivity contribution in [3.05, 3.63) is 0 Å². The average Bonchev–Trinajstić information content (AvgIpc) is 2.92. The Hall–Kier alpha value is -0.610. The number of carbonyl (C=O) groups is 1. The topological polar surface area (TPSA) is 49.6 Å². The molecule has 2 aliphatic heterocycles. The number of hydrogen-bond acceptors (Lipinski definition) is 3. The van der Waals surface area contributed by atoms with Crippen LogP contribution >= 0.6 is 0 Å². The SMILES string of the molecule is NC1(C(=O)N2CCCC(N3CCCC3)CC2)CCCCC1. The fourth-order valence-corrected chi connectivity index (χ4v) is 4.47. The lowest BCUT2D eigenvalue weighted by molar-refractivity contribution is -0.138. The molecular formula is C17H31N3O. The predicted molar refractivity (Wildman–Crippen MR) is 85.0 cm³/mol. The van der Waals surface area contributed by atoms with Crippen LogP contribution in [0.1, 0.15) is 64.2 Å². The normalized spacial score (nSPS) is 31.1. The molecule has 0 bridgehead atoms. The summed E-state index contributed by atoms with van der Waals surface area (Å²) in [6.07, 6.45) is 11.5. The van der Waals surface area contributed by atoms with Crippen molar-refractivity contribution in [1.29, 1.82) is 0 Å². The van der Waals surface area contributed by atoms with Gasteiger partial charge in [-0.2, -0.15) is 0 Å². The fourth-order valence-electron chi connectivity index (χ4n) is 4.47. The molecule has 1 aliphatic carbocycles. The number of carbonyl (C=O) groups excluding carboxylic acids is 1. The minimum Gasteiger partial charge on any atom is -0.341 e. The van der Waals surface area contributed by atoms with Gasteiger partial charge in [-0.3, -0.25) is 4.79 Å². The summed E-state index contributed by atoms with van der Waals surface area (Å²) in [5.74, 6) is 0.240. The molecule has 4 heteroatoms. The maximum atomic E-state index is 12.8. The standard InChI is InChI=1S/C17H31N3O/c18-17(9-2-1-3-10-17)16(21)20-13-6-7-15(8-14-20)19-11-4-5-12-19/h15H,1-14,18H2. The predicted octanol–water partition coefficient (Wildman–Crippen LogP) is 2.12. The molecule has 0 aromatic heterocycles. The van der Waals surface area contributed by atoms with Crippen LogP contribution in [0.5, 0.6) is 0 Å². The van der Waals surface area contributed by atoms with Crippen molar-refractivity contribution >= 4 is 5.91 Å². The van der Waals surface area contributed by atoms with E-state index in [9.17, 15) is 4.79 Å². The van der Waals surface area contributed by atoms with E-state index in [2.05, 4.69) is 9.80 Å². The second-order valence-electron chi connectivity index (χ2n) is 7.34. The lowest BCUT2D eigenvalue weighted by atomic mass is 9.81. The van der Waals surface area contributed by atoms with Crippen molar-refractivity contribution in [2.24, 2.45) is 5.73 Å². The Morgan fingerprint density at radius 2 is 1.57 bits per heavy atom. The molecule has 1 saturated carbocycles. The summed E-state index contributed by atoms with van der Waals surface area (Å²) in [6.45, 7) is 4.36. The third-order valence-corrected chi connectivity index (χ3v) is 5.81. The quantitative estimate of drug-likeness (QED) is 0.848. The molecule has 3 fully saturated rings. The molecule has 1 unspecified atom stereocenters. The first kappa shape index (κ1) is 15.3. The van der Waals surface area contributed by atoms with Gasteiger partial charge in [0.05, 0.1) is 5.54 Å². The van der Waals surface area contributed by atoms with Crippen LogP contribution in [-0.4, -0.2) is 53.5 Å². The van der Waals surface area contributed by atoms with E-state index in [0.717, 1.165) is 51.6 Å². The number of nitrogens with zero attached hydrogens (tertiary/aromatic N) is 2. The molecule has 1 amide bonds. The van der Waals surface area contributed by atoms with Gasteiger partial charge in [-0.25, -0.2) is 0 Å². The molecule has 0 spiro atoms. The van der Waals surface area contributed by atoms with Gasteiger partial charge in [-0.15, -0.1) is 0 Å². The minimum absolute atomic E-state index is 0.240. The third-order valence-electron chi connectivity index (χ3n) is 5.81. The van der Waals surface area contributed by atoms with Gasteiger partial charge in [-0.1, -0.05) is 19.3 Å². The van der Waals surface area contributed by atoms with Gasteiger partial charge in [0.2, 0.25) is 5.91 Å². The molecule has 2 N–H and O–H groups in total. The number of amides is 1. The number of nitrogens with two attached hydrogens (primary N) is 1. The monoisotopic (exact) mass is 293 g/mol. The highest BCUT2D eigenvalue weighted by atomic mass is 16.2. The van der Waals surface area contributed by atoms with E-state index in [1.165, 1.54) is 38.8 Å². The summed E-state index contributed by atoms with van der Waals surface area (Å²) in [6, 6.07) is 0.699. The van der Waals surface area contributed by atoms with Gasteiger partial charge in [-0.05, 0) is 58.0 Å². The average molecular weight is 293 g/mol. The summed E-state index contributed by atoms with van der Waals surface area (Å²) in [5, 5.41) is 0. The smallest absolute Gasteiger partial charge is 0.242 e. The van der Waals surface area contributed by atoms with Gasteiger partial charge < -0.3 is 15.5 Å². The lowest BCUT2D eigenvalue weighted by Gasteiger charge is -2.36. The van der Waals surface area contributed by atoms with Crippen LogP contribution in [-0.2, 0) is 4.79 Å². The molecule has 2 heterocycles. The first-order valence-corrected chi connectivity index (χ1v) is 9.01. The van der Waals surface area contributed by atoms with Gasteiger partial charge in [0.15, 0.2) is 0 Å². The van der Waals surface area contributed by atoms with Crippen LogP contribution in [0.15, 0.2) is 0 Å². The molecule has 1 atom stereocenters. The Morgan fingerprint density at radius 3 is 2.29 bits per heavy atom. The van der Waals surface area contributed by atoms with Crippen molar-refractivity contribution in [2.75, 3.05) is 26.2 Å². The highest BCUT2D eigenvalue weighted by molar-refractivity contribution is 5.86. The minimum atomic E-state index is -0.550. The molecule has 2 saturated heterocycles. The number of hydrogen-bond donors (Lipinski definition) is 1. The second-order valence-corrected chi connectivity index (χ2v) is 7.34. The largest absolute Gasteiger partial charge is 0.341 e. The maximum Gasteiger partial charge on any atom is 0.242 e. The molecule has 120 valence electrons. The highest BCUT2D eigenvalue weighted by Gasteiger charge is 2.39. The van der Waals surface area contributed by atoms with Crippen molar-refractivity contribution in [3.8, 4) is 0 Å². The van der Waals surface area contributed by atoms with Crippen molar-refractivity contribution < 1.29 is 4.79 Å². The van der Waals surface area contributed by atoms with Gasteiger partial charge >= 0.3 is 0 Å². The summed E-state index contributed by atoms with van der Waals surface area (Å²) >= 11 is 0. The van der Waals surface area contributed by atoms with Gasteiger partial charge in [0.25, 0.3) is 0 Å². The van der Waals surface area contributed by atoms with E-state index in [1.54, 1.807) is 0 Å². The molecule has 3 aliphatic rings. The Morgan fingerprint density at radius 1 is 0.857 bits per heavy atom. The van der Waals surface area contributed by atoms with Crippen LogP contribution in [0.3, 0.4) is 0 Å². The van der Waals surface area contributed by atoms with E-state index in [1.807, 2.05) is 0 Å². The van der Waals surface area contributed by atoms with Crippen LogP contribution < -0.4 is 5.73 Å². The van der Waals surface area contributed by atoms with E-state index in [-0.39, 0.29) is 5.91 Å². The van der Waals surface area contributed by atoms with Crippen molar-refractivity contribution in [2.45, 2.75) is 75.8 Å². The zero-order chi connectivity index (χ0) is 14.7. The van der Waals surface area contributed by atoms with Crippen molar-refractivity contribution in [1.82, 2.24) is 9.80 Å². The number of rotatable bonds is 2. The molecule has 0 aromatic carbocycles. The highest BCUT2D eigenvalue weighted by Crippen LogP contribution is 2.29. The van der Waals surface area contributed by atoms with Crippen LogP contribution in [0.25, 0.3) is 0 Å². The van der Waals surface area contributed by atoms with Crippen LogP contribution in [0, 0.1) is 0 Å². The summed E-state index contributed by atoms with van der Waals surface area (Å²) in [4.78, 5) is 17.6. The van der Waals surface area contributed by atoms with Gasteiger partial charge in [0, 0.05) is 19.1 Å². The number of likely N-dealkylation sites (tertiary alicyclic amines) is 2. The summed E-state index contributed by atoms with van der Waals surface area (Å²) in [5.41, 5.74) is 5.89. The third kappa shape index (κ3) is 3.42. The van der Waals surface area contributed by atoms with E-state index in [4.69, 9.17) is 5.73 Å². The molecule has 4 nitrogen and oxygen atoms in total. The Balaban J connectivity index is 1.57. The summed E-state index contributed by atoms with van der Waals surface area (Å²) < 4.78 is 0. The maximum absolute atomic E-state index is 12.8. The zero-order valence-corrected chi connectivity index (χ0v) is 13.4. The molecular weight excluding hydrogens is 262 g/mol. The van der Waals surface area contributed by atoms with E-state index in [0.29, 0.717) is 6.04 Å². The van der Waals surface area contributed by atoms with Crippen molar-refractivity contribution in [3.63, 3.8) is 0 Å². The summed E-state index contributed by atoms with van der Waals surface area (Å²) in [7, 11) is 0. The lowest BCUT2D eigenvalue weighted by Crippen LogP contribution is -2.56. The molecule has 0 radical (unpaired) electrons. The second kappa shape index (κ2) is 6.66. The first-order valence-electron chi connectivity index (χ1n) is 9.01. The Kier molecular flexibility index (Phi) is 4.85. The zero-order valence-electron chi connectivity index (χ0n) is 13.4. The van der Waals surface area contributed by atoms with Gasteiger partial charge in [0.1, 0.15) is 0 Å². The Labute approximate surface area is 129 Å². The van der Waals surface area contributed by atoms with Crippen LogP contribution in [0.4, 0.5) is 0 Å². The van der Waals surface area contributed by atoms with Crippen LogP contribution in [0.2, 0.25) is 0 Å². The van der Waals surface area contributed by atoms with E-state index >= 15 is 0 Å². The Bertz CT molecular complexity index is 359. The molecule has 0 aromatic rings. The molecule has 3 rings (SSSR count). The first-order chi connectivity index (χ1) is 10.2. The van der Waals surface area contributed by atoms with E-state index < -0.39 is 5.54 Å². The molecule has 21 heavy (non-hydrogen) atoms. The fraction of sp³-hybridized carbons (Fsp3) is 0.941.